The first-order valence-corrected chi connectivity index (χ1v) is 7.78. The van der Waals surface area contributed by atoms with Crippen LogP contribution in [0.5, 0.6) is 5.75 Å². The number of rotatable bonds is 6. The zero-order valence-corrected chi connectivity index (χ0v) is 11.8. The van der Waals surface area contributed by atoms with Crippen molar-refractivity contribution in [1.29, 1.82) is 0 Å². The van der Waals surface area contributed by atoms with Gasteiger partial charge >= 0.3 is 0 Å². The van der Waals surface area contributed by atoms with E-state index in [2.05, 4.69) is 17.2 Å². The van der Waals surface area contributed by atoms with E-state index in [0.717, 1.165) is 24.5 Å². The average Bonchev–Trinajstić information content (AvgIpc) is 2.91. The second-order valence-electron chi connectivity index (χ2n) is 4.54. The predicted octanol–water partition coefficient (Wildman–Crippen LogP) is 2.34. The van der Waals surface area contributed by atoms with Crippen LogP contribution in [0.3, 0.4) is 0 Å². The second kappa shape index (κ2) is 7.02. The maximum Gasteiger partial charge on any atom is 0.124 e. The Bertz CT molecular complexity index is 378. The van der Waals surface area contributed by atoms with Crippen LogP contribution >= 0.6 is 11.8 Å². The van der Waals surface area contributed by atoms with Crippen LogP contribution in [0.4, 0.5) is 0 Å². The zero-order valence-electron chi connectivity index (χ0n) is 11.0. The summed E-state index contributed by atoms with van der Waals surface area (Å²) in [4.78, 5) is 3.68. The van der Waals surface area contributed by atoms with Gasteiger partial charge in [-0.15, -0.1) is 11.8 Å². The first kappa shape index (κ1) is 13.7. The third-order valence-corrected chi connectivity index (χ3v) is 4.20. The number of benzene rings is 1. The Balaban J connectivity index is 1.91. The molecule has 0 aromatic heterocycles. The summed E-state index contributed by atoms with van der Waals surface area (Å²) in [5.74, 6) is 0.948. The van der Waals surface area contributed by atoms with Crippen LogP contribution in [0, 0.1) is 0 Å². The minimum absolute atomic E-state index is 0.538. The number of hydrogen-bond acceptors (Lipinski definition) is 4. The lowest BCUT2D eigenvalue weighted by Gasteiger charge is -2.17. The molecule has 1 fully saturated rings. The summed E-state index contributed by atoms with van der Waals surface area (Å²) in [7, 11) is 0. The molecule has 0 atom stereocenters. The third kappa shape index (κ3) is 3.40. The number of nitrogens with two attached hydrogens (primary N) is 1. The summed E-state index contributed by atoms with van der Waals surface area (Å²) < 4.78 is 5.90. The molecule has 1 aromatic carbocycles. The number of thioether (sulfide) groups is 1. The smallest absolute Gasteiger partial charge is 0.124 e. The maximum atomic E-state index is 5.90. The van der Waals surface area contributed by atoms with Crippen LogP contribution < -0.4 is 10.5 Å². The highest BCUT2D eigenvalue weighted by Crippen LogP contribution is 2.28. The fourth-order valence-corrected chi connectivity index (χ4v) is 3.01. The lowest BCUT2D eigenvalue weighted by Crippen LogP contribution is -2.25. The molecule has 1 saturated heterocycles. The van der Waals surface area contributed by atoms with E-state index in [1.807, 2.05) is 12.1 Å². The molecule has 0 amide bonds. The topological polar surface area (TPSA) is 38.5 Å². The van der Waals surface area contributed by atoms with Crippen molar-refractivity contribution in [3.8, 4) is 5.75 Å². The molecule has 0 unspecified atom stereocenters. The van der Waals surface area contributed by atoms with Crippen LogP contribution in [0.15, 0.2) is 23.1 Å². The molecule has 0 aliphatic carbocycles. The van der Waals surface area contributed by atoms with Crippen molar-refractivity contribution in [2.24, 2.45) is 5.73 Å². The van der Waals surface area contributed by atoms with E-state index in [1.165, 1.54) is 30.8 Å². The molecule has 100 valence electrons. The summed E-state index contributed by atoms with van der Waals surface area (Å²) in [5, 5.41) is 0. The van der Waals surface area contributed by atoms with Gasteiger partial charge in [0.2, 0.25) is 0 Å². The first-order valence-electron chi connectivity index (χ1n) is 6.56. The van der Waals surface area contributed by atoms with Gasteiger partial charge in [0.05, 0.1) is 0 Å². The second-order valence-corrected chi connectivity index (χ2v) is 5.39. The Morgan fingerprint density at radius 2 is 2.11 bits per heavy atom. The summed E-state index contributed by atoms with van der Waals surface area (Å²) in [6, 6.07) is 6.16. The van der Waals surface area contributed by atoms with Crippen molar-refractivity contribution in [2.45, 2.75) is 24.3 Å². The largest absolute Gasteiger partial charge is 0.492 e. The minimum Gasteiger partial charge on any atom is -0.492 e. The van der Waals surface area contributed by atoms with Gasteiger partial charge in [-0.3, -0.25) is 4.90 Å². The molecule has 0 bridgehead atoms. The Labute approximate surface area is 114 Å². The number of hydrogen-bond donors (Lipinski definition) is 1. The van der Waals surface area contributed by atoms with Gasteiger partial charge in [0, 0.05) is 23.5 Å². The van der Waals surface area contributed by atoms with E-state index < -0.39 is 0 Å². The van der Waals surface area contributed by atoms with Gasteiger partial charge < -0.3 is 10.5 Å². The van der Waals surface area contributed by atoms with Gasteiger partial charge in [0.25, 0.3) is 0 Å². The van der Waals surface area contributed by atoms with Crippen molar-refractivity contribution >= 4 is 11.8 Å². The van der Waals surface area contributed by atoms with E-state index in [0.29, 0.717) is 6.54 Å². The molecule has 1 aromatic rings. The van der Waals surface area contributed by atoms with E-state index >= 15 is 0 Å². The Hall–Kier alpha value is -0.710. The molecular formula is C14H22N2OS. The number of nitrogens with zero attached hydrogens (tertiary/aromatic N) is 1. The van der Waals surface area contributed by atoms with E-state index in [-0.39, 0.29) is 0 Å². The van der Waals surface area contributed by atoms with Gasteiger partial charge in [-0.2, -0.15) is 0 Å². The van der Waals surface area contributed by atoms with Crippen molar-refractivity contribution in [3.05, 3.63) is 23.8 Å². The first-order chi connectivity index (χ1) is 8.85. The molecular weight excluding hydrogens is 244 g/mol. The monoisotopic (exact) mass is 266 g/mol. The van der Waals surface area contributed by atoms with Crippen molar-refractivity contribution < 1.29 is 4.74 Å². The van der Waals surface area contributed by atoms with E-state index in [1.54, 1.807) is 11.8 Å². The molecule has 1 aliphatic heterocycles. The number of ether oxygens (including phenoxy) is 1. The molecule has 3 nitrogen and oxygen atoms in total. The summed E-state index contributed by atoms with van der Waals surface area (Å²) >= 11 is 1.72. The molecule has 1 heterocycles. The van der Waals surface area contributed by atoms with Gasteiger partial charge in [-0.25, -0.2) is 0 Å². The molecule has 2 N–H and O–H groups in total. The molecule has 0 spiro atoms. The van der Waals surface area contributed by atoms with Gasteiger partial charge in [0.15, 0.2) is 0 Å². The fourth-order valence-electron chi connectivity index (χ4n) is 2.36. The highest BCUT2D eigenvalue weighted by atomic mass is 32.2. The minimum atomic E-state index is 0.538. The van der Waals surface area contributed by atoms with Gasteiger partial charge in [0.1, 0.15) is 12.4 Å². The molecule has 0 radical (unpaired) electrons. The van der Waals surface area contributed by atoms with E-state index in [4.69, 9.17) is 10.5 Å². The molecule has 1 aliphatic rings. The predicted molar refractivity (Wildman–Crippen MR) is 77.3 cm³/mol. The van der Waals surface area contributed by atoms with Crippen molar-refractivity contribution in [1.82, 2.24) is 4.90 Å². The highest BCUT2D eigenvalue weighted by Gasteiger charge is 2.12. The highest BCUT2D eigenvalue weighted by molar-refractivity contribution is 7.98. The average molecular weight is 266 g/mol. The molecule has 2 rings (SSSR count). The molecule has 18 heavy (non-hydrogen) atoms. The maximum absolute atomic E-state index is 5.90. The zero-order chi connectivity index (χ0) is 12.8. The van der Waals surface area contributed by atoms with Gasteiger partial charge in [-0.1, -0.05) is 6.07 Å². The van der Waals surface area contributed by atoms with E-state index in [9.17, 15) is 0 Å². The normalized spacial score (nSPS) is 16.1. The molecule has 0 saturated carbocycles. The van der Waals surface area contributed by atoms with Crippen molar-refractivity contribution in [3.63, 3.8) is 0 Å². The summed E-state index contributed by atoms with van der Waals surface area (Å²) in [6.07, 6.45) is 4.73. The van der Waals surface area contributed by atoms with Crippen LogP contribution in [0.2, 0.25) is 0 Å². The van der Waals surface area contributed by atoms with Crippen LogP contribution in [0.1, 0.15) is 18.4 Å². The van der Waals surface area contributed by atoms with Crippen LogP contribution in [-0.4, -0.2) is 37.4 Å². The van der Waals surface area contributed by atoms with Crippen LogP contribution in [-0.2, 0) is 6.54 Å². The quantitative estimate of drug-likeness (QED) is 0.802. The Kier molecular flexibility index (Phi) is 5.35. The standard InChI is InChI=1S/C14H22N2OS/c1-18-14-6-4-5-13(12(14)11-15)17-10-9-16-7-2-3-8-16/h4-6H,2-3,7-11,15H2,1H3. The molecule has 4 heteroatoms. The SMILES string of the molecule is CSc1cccc(OCCN2CCCC2)c1CN. The Morgan fingerprint density at radius 3 is 2.78 bits per heavy atom. The number of likely N-dealkylation sites (tertiary alicyclic amines) is 1. The van der Waals surface area contributed by atoms with Crippen molar-refractivity contribution in [2.75, 3.05) is 32.5 Å². The fraction of sp³-hybridized carbons (Fsp3) is 0.571. The summed E-state index contributed by atoms with van der Waals surface area (Å²) in [6.45, 7) is 4.75. The summed E-state index contributed by atoms with van der Waals surface area (Å²) in [5.41, 5.74) is 6.95. The van der Waals surface area contributed by atoms with Crippen LogP contribution in [0.25, 0.3) is 0 Å². The third-order valence-electron chi connectivity index (χ3n) is 3.38. The van der Waals surface area contributed by atoms with Gasteiger partial charge in [-0.05, 0) is 44.3 Å². The lowest BCUT2D eigenvalue weighted by molar-refractivity contribution is 0.236. The Morgan fingerprint density at radius 1 is 1.33 bits per heavy atom. The lowest BCUT2D eigenvalue weighted by atomic mass is 10.2.